The summed E-state index contributed by atoms with van der Waals surface area (Å²) in [4.78, 5) is 18.5. The first-order valence-electron chi connectivity index (χ1n) is 11.7. The zero-order valence-electron chi connectivity index (χ0n) is 20.4. The van der Waals surface area contributed by atoms with Crippen molar-refractivity contribution in [1.82, 2.24) is 4.13 Å². The third-order valence-corrected chi connectivity index (χ3v) is 8.71. The van der Waals surface area contributed by atoms with Gasteiger partial charge in [-0.05, 0) is 63.8 Å². The molecule has 0 bridgehead atoms. The van der Waals surface area contributed by atoms with Crippen molar-refractivity contribution in [2.24, 2.45) is 0 Å². The summed E-state index contributed by atoms with van der Waals surface area (Å²) in [7, 11) is 0. The van der Waals surface area contributed by atoms with Crippen LogP contribution in [0.15, 0.2) is 109 Å². The highest BCUT2D eigenvalue weighted by molar-refractivity contribution is 8.25. The van der Waals surface area contributed by atoms with Gasteiger partial charge in [0.2, 0.25) is 0 Å². The highest BCUT2D eigenvalue weighted by Gasteiger charge is 2.19. The summed E-state index contributed by atoms with van der Waals surface area (Å²) in [6.07, 6.45) is 0. The zero-order valence-corrected chi connectivity index (χ0v) is 23.7. The average Bonchev–Trinajstić information content (AvgIpc) is 3.48. The number of hydrogen-bond donors (Lipinski definition) is 3. The van der Waals surface area contributed by atoms with Gasteiger partial charge in [-0.25, -0.2) is 9.68 Å². The number of carboxylic acid groups (broad SMARTS) is 1. The third-order valence-electron chi connectivity index (χ3n) is 5.61. The maximum absolute atomic E-state index is 10.8. The number of carboxylic acids is 1. The van der Waals surface area contributed by atoms with Crippen LogP contribution in [-0.2, 0) is 11.5 Å². The Bertz CT molecular complexity index is 1470. The summed E-state index contributed by atoms with van der Waals surface area (Å²) in [6.45, 7) is 0.213. The molecule has 0 atom stereocenters. The minimum atomic E-state index is -0.955. The summed E-state index contributed by atoms with van der Waals surface area (Å²) < 4.78 is 3.25. The molecule has 4 aromatic rings. The second kappa shape index (κ2) is 14.3. The Hall–Kier alpha value is -3.15. The SMILES string of the molecule is O=C(O)c1ccc(C(=S)C(=S)c2ccccc2)cc1.OOCc1ccc(C2=C(c3ccccc3)SNS2)cc1. The number of hydrogen-bond acceptors (Lipinski definition) is 8. The normalized spacial score (nSPS) is 12.4. The van der Waals surface area contributed by atoms with Gasteiger partial charge in [-0.3, -0.25) is 5.26 Å². The minimum Gasteiger partial charge on any atom is -0.478 e. The maximum atomic E-state index is 10.8. The number of thiocarbonyl (C=S) groups is 2. The Morgan fingerprint density at radius 1 is 0.667 bits per heavy atom. The van der Waals surface area contributed by atoms with E-state index >= 15 is 0 Å². The molecule has 0 spiro atoms. The first-order valence-corrected chi connectivity index (χ1v) is 14.1. The summed E-state index contributed by atoms with van der Waals surface area (Å²) in [5.41, 5.74) is 5.21. The number of aromatic carboxylic acids is 1. The van der Waals surface area contributed by atoms with E-state index in [1.165, 1.54) is 27.5 Å². The molecular formula is C30H23NO4S4. The Morgan fingerprint density at radius 2 is 1.13 bits per heavy atom. The van der Waals surface area contributed by atoms with Crippen LogP contribution in [0.3, 0.4) is 0 Å². The molecule has 0 unspecified atom stereocenters. The molecule has 5 rings (SSSR count). The van der Waals surface area contributed by atoms with Gasteiger partial charge in [0, 0.05) is 9.81 Å². The Balaban J connectivity index is 0.000000181. The van der Waals surface area contributed by atoms with Gasteiger partial charge in [0.25, 0.3) is 0 Å². The number of carbonyl (C=O) groups is 1. The van der Waals surface area contributed by atoms with Crippen LogP contribution in [-0.4, -0.2) is 26.1 Å². The smallest absolute Gasteiger partial charge is 0.335 e. The molecular weight excluding hydrogens is 567 g/mol. The lowest BCUT2D eigenvalue weighted by Gasteiger charge is -2.06. The fourth-order valence-electron chi connectivity index (χ4n) is 3.61. The third kappa shape index (κ3) is 7.71. The number of nitrogens with one attached hydrogen (secondary N) is 1. The molecule has 9 heteroatoms. The van der Waals surface area contributed by atoms with E-state index < -0.39 is 5.97 Å². The second-order valence-electron chi connectivity index (χ2n) is 8.19. The molecule has 1 aliphatic rings. The van der Waals surface area contributed by atoms with E-state index in [1.54, 1.807) is 36.0 Å². The summed E-state index contributed by atoms with van der Waals surface area (Å²) >= 11 is 14.0. The van der Waals surface area contributed by atoms with Crippen LogP contribution in [0.4, 0.5) is 0 Å². The van der Waals surface area contributed by atoms with Crippen molar-refractivity contribution in [1.29, 1.82) is 0 Å². The molecule has 0 fully saturated rings. The lowest BCUT2D eigenvalue weighted by atomic mass is 10.0. The van der Waals surface area contributed by atoms with E-state index in [-0.39, 0.29) is 12.2 Å². The van der Waals surface area contributed by atoms with Gasteiger partial charge < -0.3 is 5.11 Å². The first kappa shape index (κ1) is 28.8. The molecule has 3 N–H and O–H groups in total. The second-order valence-corrected chi connectivity index (χ2v) is 10.9. The molecule has 196 valence electrons. The van der Waals surface area contributed by atoms with Crippen LogP contribution in [0.1, 0.15) is 38.2 Å². The van der Waals surface area contributed by atoms with E-state index in [2.05, 4.69) is 21.1 Å². The first-order chi connectivity index (χ1) is 19.0. The van der Waals surface area contributed by atoms with E-state index in [0.29, 0.717) is 9.73 Å². The monoisotopic (exact) mass is 589 g/mol. The molecule has 1 aliphatic heterocycles. The maximum Gasteiger partial charge on any atom is 0.335 e. The van der Waals surface area contributed by atoms with E-state index in [9.17, 15) is 4.79 Å². The fourth-order valence-corrected chi connectivity index (χ4v) is 6.13. The molecule has 39 heavy (non-hydrogen) atoms. The van der Waals surface area contributed by atoms with Crippen molar-refractivity contribution < 1.29 is 20.0 Å². The molecule has 4 aromatic carbocycles. The van der Waals surface area contributed by atoms with Crippen LogP contribution >= 0.6 is 48.3 Å². The van der Waals surface area contributed by atoms with Gasteiger partial charge in [-0.2, -0.15) is 4.13 Å². The van der Waals surface area contributed by atoms with Crippen molar-refractivity contribution in [2.45, 2.75) is 6.61 Å². The zero-order chi connectivity index (χ0) is 27.6. The van der Waals surface area contributed by atoms with Gasteiger partial charge >= 0.3 is 5.97 Å². The Morgan fingerprint density at radius 3 is 1.64 bits per heavy atom. The standard InChI is InChI=1S/C15H13NO2S2.C15H10O2S2/c17-18-10-11-6-8-13(9-7-11)15-14(19-16-20-15)12-4-2-1-3-5-12;16-15(17)12-8-6-11(7-9-12)14(19)13(18)10-4-2-1-3-5-10/h1-9,16-17H,10H2;1-9H,(H,16,17). The van der Waals surface area contributed by atoms with Crippen LogP contribution in [0.2, 0.25) is 0 Å². The van der Waals surface area contributed by atoms with E-state index in [4.69, 9.17) is 34.8 Å². The summed E-state index contributed by atoms with van der Waals surface area (Å²) in [5.74, 6) is -0.955. The van der Waals surface area contributed by atoms with E-state index in [0.717, 1.165) is 22.3 Å². The van der Waals surface area contributed by atoms with Crippen LogP contribution in [0.25, 0.3) is 9.81 Å². The highest BCUT2D eigenvalue weighted by atomic mass is 32.2. The predicted octanol–water partition coefficient (Wildman–Crippen LogP) is 7.92. The minimum absolute atomic E-state index is 0.213. The molecule has 0 aromatic heterocycles. The molecule has 0 radical (unpaired) electrons. The van der Waals surface area contributed by atoms with Crippen molar-refractivity contribution in [2.75, 3.05) is 0 Å². The Labute approximate surface area is 246 Å². The lowest BCUT2D eigenvalue weighted by Crippen LogP contribution is -2.12. The van der Waals surface area contributed by atoms with Gasteiger partial charge in [0.1, 0.15) is 6.61 Å². The average molecular weight is 590 g/mol. The lowest BCUT2D eigenvalue weighted by molar-refractivity contribution is -0.253. The molecule has 5 nitrogen and oxygen atoms in total. The molecule has 0 aliphatic carbocycles. The molecule has 0 saturated heterocycles. The van der Waals surface area contributed by atoms with Crippen molar-refractivity contribution in [3.05, 3.63) is 143 Å². The van der Waals surface area contributed by atoms with Gasteiger partial charge in [-0.1, -0.05) is 121 Å². The van der Waals surface area contributed by atoms with Gasteiger partial charge in [0.05, 0.1) is 15.3 Å². The quantitative estimate of drug-likeness (QED) is 0.0624. The highest BCUT2D eigenvalue weighted by Crippen LogP contribution is 2.46. The number of rotatable bonds is 8. The Kier molecular flexibility index (Phi) is 10.6. The molecule has 0 amide bonds. The van der Waals surface area contributed by atoms with Crippen LogP contribution in [0.5, 0.6) is 0 Å². The van der Waals surface area contributed by atoms with Gasteiger partial charge in [-0.15, -0.1) is 0 Å². The molecule has 0 saturated carbocycles. The number of benzene rings is 4. The molecule has 1 heterocycles. The van der Waals surface area contributed by atoms with Crippen molar-refractivity contribution in [3.8, 4) is 0 Å². The van der Waals surface area contributed by atoms with Crippen molar-refractivity contribution in [3.63, 3.8) is 0 Å². The van der Waals surface area contributed by atoms with Crippen LogP contribution in [0, 0.1) is 0 Å². The van der Waals surface area contributed by atoms with Gasteiger partial charge in [0.15, 0.2) is 0 Å². The fraction of sp³-hybridized carbons (Fsp3) is 0.0333. The van der Waals surface area contributed by atoms with Crippen LogP contribution < -0.4 is 4.13 Å². The van der Waals surface area contributed by atoms with E-state index in [1.807, 2.05) is 72.8 Å². The summed E-state index contributed by atoms with van der Waals surface area (Å²) in [5, 5.41) is 17.3. The summed E-state index contributed by atoms with van der Waals surface area (Å²) in [6, 6.07) is 34.3. The van der Waals surface area contributed by atoms with Crippen molar-refractivity contribution >= 4 is 73.8 Å². The topological polar surface area (TPSA) is 78.8 Å². The predicted molar refractivity (Wildman–Crippen MR) is 169 cm³/mol. The largest absolute Gasteiger partial charge is 0.478 e.